The molecule has 0 spiro atoms. The highest BCUT2D eigenvalue weighted by Crippen LogP contribution is 2.45. The van der Waals surface area contributed by atoms with Crippen LogP contribution in [-0.4, -0.2) is 48.4 Å². The lowest BCUT2D eigenvalue weighted by Crippen LogP contribution is -2.57. The first-order valence-electron chi connectivity index (χ1n) is 13.3. The van der Waals surface area contributed by atoms with Gasteiger partial charge in [-0.3, -0.25) is 9.97 Å². The van der Waals surface area contributed by atoms with Crippen molar-refractivity contribution >= 4 is 22.3 Å². The second kappa shape index (κ2) is 9.29. The number of morpholine rings is 1. The Hall–Kier alpha value is -3.62. The van der Waals surface area contributed by atoms with Crippen LogP contribution < -0.4 is 16.0 Å². The number of nitrogens with zero attached hydrogens (tertiary/aromatic N) is 3. The molecule has 1 saturated carbocycles. The number of nitrogens with two attached hydrogens (primary N) is 1. The topological polar surface area (TPSA) is 76.3 Å². The summed E-state index contributed by atoms with van der Waals surface area (Å²) in [6.45, 7) is 2.98. The average Bonchev–Trinajstić information content (AvgIpc) is 3.77. The molecule has 2 aromatic heterocycles. The van der Waals surface area contributed by atoms with Crippen LogP contribution >= 0.6 is 0 Å². The van der Waals surface area contributed by atoms with Crippen molar-refractivity contribution in [3.63, 3.8) is 0 Å². The Morgan fingerprint density at radius 1 is 0.947 bits per heavy atom. The maximum absolute atomic E-state index is 14.3. The van der Waals surface area contributed by atoms with Crippen molar-refractivity contribution in [2.45, 2.75) is 37.3 Å². The molecule has 38 heavy (non-hydrogen) atoms. The van der Waals surface area contributed by atoms with Crippen molar-refractivity contribution in [2.75, 3.05) is 36.9 Å². The first-order valence-corrected chi connectivity index (χ1v) is 13.3. The largest absolute Gasteiger partial charge is 0.398 e. The Kier molecular flexibility index (Phi) is 5.74. The van der Waals surface area contributed by atoms with Gasteiger partial charge in [-0.1, -0.05) is 6.07 Å². The second-order valence-electron chi connectivity index (χ2n) is 10.6. The van der Waals surface area contributed by atoms with Crippen molar-refractivity contribution in [1.82, 2.24) is 15.3 Å². The minimum atomic E-state index is -0.617. The predicted molar refractivity (Wildman–Crippen MR) is 145 cm³/mol. The van der Waals surface area contributed by atoms with E-state index in [2.05, 4.69) is 21.3 Å². The summed E-state index contributed by atoms with van der Waals surface area (Å²) in [4.78, 5) is 11.5. The van der Waals surface area contributed by atoms with Gasteiger partial charge in [0.05, 0.1) is 23.9 Å². The molecular weight excluding hydrogens is 484 g/mol. The standard InChI is InChI=1S/C30H29F2N5O/c31-20-9-19(10-21(32)12-20)25-15-36-26-4-3-18(24-14-34-13-23(29(24)33)17-1-2-17)11-22(26)30(25)37-7-5-27-28(16-37)38-8-6-35-27/h3-4,9-15,17,27-28,35H,1-2,5-8,16H2,(H2,33,34). The van der Waals surface area contributed by atoms with Crippen LogP contribution in [0.3, 0.4) is 0 Å². The van der Waals surface area contributed by atoms with Gasteiger partial charge in [0, 0.05) is 72.5 Å². The van der Waals surface area contributed by atoms with Gasteiger partial charge in [-0.2, -0.15) is 0 Å². The number of halogens is 2. The highest BCUT2D eigenvalue weighted by Gasteiger charge is 2.34. The first kappa shape index (κ1) is 23.5. The number of nitrogens with one attached hydrogen (secondary N) is 1. The van der Waals surface area contributed by atoms with E-state index in [1.54, 1.807) is 6.20 Å². The molecule has 194 valence electrons. The number of aromatic nitrogens is 2. The van der Waals surface area contributed by atoms with Gasteiger partial charge in [0.25, 0.3) is 0 Å². The third-order valence-electron chi connectivity index (χ3n) is 8.08. The van der Waals surface area contributed by atoms with Crippen molar-refractivity contribution in [1.29, 1.82) is 0 Å². The summed E-state index contributed by atoms with van der Waals surface area (Å²) in [7, 11) is 0. The van der Waals surface area contributed by atoms with Crippen molar-refractivity contribution in [2.24, 2.45) is 0 Å². The third kappa shape index (κ3) is 4.18. The molecule has 4 aromatic rings. The Morgan fingerprint density at radius 2 is 1.79 bits per heavy atom. The van der Waals surface area contributed by atoms with Crippen molar-refractivity contribution in [3.8, 4) is 22.3 Å². The number of ether oxygens (including phenoxy) is 1. The lowest BCUT2D eigenvalue weighted by atomic mass is 9.94. The smallest absolute Gasteiger partial charge is 0.126 e. The van der Waals surface area contributed by atoms with Crippen LogP contribution in [-0.2, 0) is 4.74 Å². The molecule has 3 fully saturated rings. The zero-order valence-electron chi connectivity index (χ0n) is 21.0. The SMILES string of the molecule is Nc1c(-c2ccc3ncc(-c4cc(F)cc(F)c4)c(N4CCC5NCCOC5C4)c3c2)cncc1C1CC1. The lowest BCUT2D eigenvalue weighted by Gasteiger charge is -2.43. The lowest BCUT2D eigenvalue weighted by molar-refractivity contribution is -0.00896. The van der Waals surface area contributed by atoms with Gasteiger partial charge >= 0.3 is 0 Å². The normalized spacial score (nSPS) is 21.5. The fraction of sp³-hybridized carbons (Fsp3) is 0.333. The molecule has 0 bridgehead atoms. The highest BCUT2D eigenvalue weighted by molar-refractivity contribution is 6.02. The predicted octanol–water partition coefficient (Wildman–Crippen LogP) is 5.27. The average molecular weight is 514 g/mol. The van der Waals surface area contributed by atoms with E-state index >= 15 is 0 Å². The zero-order chi connectivity index (χ0) is 25.8. The molecule has 0 radical (unpaired) electrons. The summed E-state index contributed by atoms with van der Waals surface area (Å²) < 4.78 is 34.8. The van der Waals surface area contributed by atoms with Gasteiger partial charge in [0.15, 0.2) is 0 Å². The van der Waals surface area contributed by atoms with Crippen LogP contribution in [0.5, 0.6) is 0 Å². The quantitative estimate of drug-likeness (QED) is 0.387. The van der Waals surface area contributed by atoms with E-state index in [-0.39, 0.29) is 6.10 Å². The molecule has 2 aromatic carbocycles. The molecular formula is C30H29F2N5O. The van der Waals surface area contributed by atoms with Gasteiger partial charge < -0.3 is 20.7 Å². The van der Waals surface area contributed by atoms with Crippen molar-refractivity contribution in [3.05, 3.63) is 72.2 Å². The van der Waals surface area contributed by atoms with Crippen molar-refractivity contribution < 1.29 is 13.5 Å². The first-order chi connectivity index (χ1) is 18.5. The molecule has 2 aliphatic heterocycles. The molecule has 7 rings (SSSR count). The van der Waals surface area contributed by atoms with Gasteiger partial charge in [-0.25, -0.2) is 8.78 Å². The van der Waals surface area contributed by atoms with Gasteiger partial charge in [0.1, 0.15) is 11.6 Å². The number of rotatable bonds is 4. The molecule has 2 saturated heterocycles. The summed E-state index contributed by atoms with van der Waals surface area (Å²) in [6, 6.07) is 10.0. The number of anilines is 2. The Morgan fingerprint density at radius 3 is 2.61 bits per heavy atom. The number of hydrogen-bond acceptors (Lipinski definition) is 6. The zero-order valence-corrected chi connectivity index (χ0v) is 21.0. The maximum Gasteiger partial charge on any atom is 0.126 e. The Labute approximate surface area is 219 Å². The molecule has 1 aliphatic carbocycles. The summed E-state index contributed by atoms with van der Waals surface area (Å²) in [5, 5.41) is 4.47. The van der Waals surface area contributed by atoms with E-state index in [9.17, 15) is 8.78 Å². The molecule has 2 unspecified atom stereocenters. The fourth-order valence-corrected chi connectivity index (χ4v) is 6.02. The minimum Gasteiger partial charge on any atom is -0.398 e. The summed E-state index contributed by atoms with van der Waals surface area (Å²) in [5.74, 6) is -0.747. The van der Waals surface area contributed by atoms with E-state index in [0.717, 1.165) is 77.4 Å². The molecule has 4 heterocycles. The highest BCUT2D eigenvalue weighted by atomic mass is 19.1. The van der Waals surface area contributed by atoms with Crippen LogP contribution in [0.2, 0.25) is 0 Å². The number of piperidine rings is 1. The van der Waals surface area contributed by atoms with Crippen LogP contribution in [0, 0.1) is 11.6 Å². The third-order valence-corrected chi connectivity index (χ3v) is 8.08. The maximum atomic E-state index is 14.3. The summed E-state index contributed by atoms with van der Waals surface area (Å²) >= 11 is 0. The number of benzene rings is 2. The summed E-state index contributed by atoms with van der Waals surface area (Å²) in [5.41, 5.74) is 13.2. The monoisotopic (exact) mass is 513 g/mol. The van der Waals surface area contributed by atoms with Gasteiger partial charge in [-0.15, -0.1) is 0 Å². The molecule has 3 N–H and O–H groups in total. The molecule has 0 amide bonds. The van der Waals surface area contributed by atoms with Crippen LogP contribution in [0.1, 0.15) is 30.7 Å². The second-order valence-corrected chi connectivity index (χ2v) is 10.6. The van der Waals surface area contributed by atoms with Crippen LogP contribution in [0.4, 0.5) is 20.2 Å². The van der Waals surface area contributed by atoms with E-state index in [1.807, 2.05) is 24.5 Å². The molecule has 6 nitrogen and oxygen atoms in total. The Balaban J connectivity index is 1.41. The Bertz CT molecular complexity index is 1520. The fourth-order valence-electron chi connectivity index (χ4n) is 6.02. The molecule has 2 atom stereocenters. The van der Waals surface area contributed by atoms with Crippen LogP contribution in [0.25, 0.3) is 33.2 Å². The van der Waals surface area contributed by atoms with E-state index in [0.29, 0.717) is 36.2 Å². The number of hydrogen-bond donors (Lipinski definition) is 2. The van der Waals surface area contributed by atoms with Gasteiger partial charge in [-0.05, 0) is 66.1 Å². The molecule has 8 heteroatoms. The van der Waals surface area contributed by atoms with E-state index in [1.165, 1.54) is 12.1 Å². The number of pyridine rings is 2. The molecule has 3 aliphatic rings. The van der Waals surface area contributed by atoms with Crippen LogP contribution in [0.15, 0.2) is 55.0 Å². The number of fused-ring (bicyclic) bond motifs is 2. The van der Waals surface area contributed by atoms with E-state index < -0.39 is 11.6 Å². The number of nitrogen functional groups attached to an aromatic ring is 1. The van der Waals surface area contributed by atoms with E-state index in [4.69, 9.17) is 15.5 Å². The van der Waals surface area contributed by atoms with Gasteiger partial charge in [0.2, 0.25) is 0 Å². The summed E-state index contributed by atoms with van der Waals surface area (Å²) in [6.07, 6.45) is 8.65. The minimum absolute atomic E-state index is 0.0380.